The van der Waals surface area contributed by atoms with Crippen LogP contribution < -0.4 is 9.80 Å². The van der Waals surface area contributed by atoms with Crippen LogP contribution in [0.1, 0.15) is 116 Å². The molecule has 0 heterocycles. The van der Waals surface area contributed by atoms with Crippen molar-refractivity contribution in [1.82, 2.24) is 0 Å². The second kappa shape index (κ2) is 21.9. The normalized spacial score (nSPS) is 16.3. The number of nitriles is 2. The molecule has 2 atom stereocenters. The van der Waals surface area contributed by atoms with E-state index in [1.807, 2.05) is 36.4 Å². The van der Waals surface area contributed by atoms with Crippen LogP contribution in [-0.2, 0) is 21.7 Å². The highest BCUT2D eigenvalue weighted by molar-refractivity contribution is 5.93. The van der Waals surface area contributed by atoms with Gasteiger partial charge in [0.05, 0.1) is 40.7 Å². The molecule has 12 rings (SSSR count). The maximum Gasteiger partial charge on any atom is 0.0992 e. The molecule has 0 aliphatic heterocycles. The molecule has 8 aromatic carbocycles. The van der Waals surface area contributed by atoms with E-state index in [2.05, 4.69) is 299 Å². The van der Waals surface area contributed by atoms with Crippen LogP contribution in [0.25, 0.3) is 44.5 Å². The molecule has 8 aromatic rings. The van der Waals surface area contributed by atoms with E-state index in [0.717, 1.165) is 50.7 Å². The molecule has 0 bridgehead atoms. The highest BCUT2D eigenvalue weighted by Crippen LogP contribution is 2.54. The van der Waals surface area contributed by atoms with E-state index in [0.29, 0.717) is 11.1 Å². The van der Waals surface area contributed by atoms with E-state index in [4.69, 9.17) is 0 Å². The summed E-state index contributed by atoms with van der Waals surface area (Å²) in [5.74, 6) is -0.114. The number of rotatable bonds is 10. The molecule has 0 saturated heterocycles. The zero-order valence-corrected chi connectivity index (χ0v) is 51.9. The molecule has 2 unspecified atom stereocenters. The lowest BCUT2D eigenvalue weighted by Gasteiger charge is -2.44. The summed E-state index contributed by atoms with van der Waals surface area (Å²) in [4.78, 5) is 4.90. The molecule has 0 fully saturated rings. The number of hydrogen-bond acceptors (Lipinski definition) is 4. The molecule has 4 aliphatic carbocycles. The Kier molecular flexibility index (Phi) is 14.5. The first-order chi connectivity index (χ1) is 41.1. The van der Waals surface area contributed by atoms with Gasteiger partial charge in [-0.15, -0.1) is 0 Å². The fourth-order valence-electron chi connectivity index (χ4n) is 13.6. The zero-order valence-electron chi connectivity index (χ0n) is 51.9. The lowest BCUT2D eigenvalue weighted by atomic mass is 9.67. The van der Waals surface area contributed by atoms with Crippen LogP contribution in [0.4, 0.5) is 22.7 Å². The van der Waals surface area contributed by atoms with E-state index in [1.54, 1.807) is 0 Å². The fourth-order valence-corrected chi connectivity index (χ4v) is 13.6. The molecular formula is C82H76N4. The standard InChI is InChI=1S/C82H76N4/c1-79(2,3)69-31-17-13-27-61(69)57-39-45-75(67(49-57)63-29-15-19-33-71(63)81(7,8)9)85(59-25-21-23-53(47-59)51-83)73-43-37-55-36-42-66-74(44-38-56-35-41-65(73)77(55)78(56)66)86(60-26-22-24-54(48-60)52-84)76-46-40-58(62-28-14-18-32-70(62)80(4,5)6)50-68(76)64-30-16-20-34-72(64)82(10,11)12/h13-50,73,78H,1-12H3. The van der Waals surface area contributed by atoms with Gasteiger partial charge >= 0.3 is 0 Å². The van der Waals surface area contributed by atoms with Crippen molar-refractivity contribution in [3.63, 3.8) is 0 Å². The fraction of sp³-hybridized carbons (Fsp3) is 0.220. The van der Waals surface area contributed by atoms with Crippen molar-refractivity contribution < 1.29 is 0 Å². The third-order valence-electron chi connectivity index (χ3n) is 17.6. The Labute approximate surface area is 511 Å². The predicted molar refractivity (Wildman–Crippen MR) is 361 cm³/mol. The molecular weight excluding hydrogens is 1040 g/mol. The molecule has 0 saturated carbocycles. The van der Waals surface area contributed by atoms with Crippen molar-refractivity contribution in [2.24, 2.45) is 5.92 Å². The van der Waals surface area contributed by atoms with Crippen molar-refractivity contribution in [1.29, 1.82) is 10.5 Å². The maximum absolute atomic E-state index is 10.6. The Morgan fingerprint density at radius 3 is 1.38 bits per heavy atom. The van der Waals surface area contributed by atoms with Crippen LogP contribution in [0.5, 0.6) is 0 Å². The van der Waals surface area contributed by atoms with Gasteiger partial charge in [-0.1, -0.05) is 247 Å². The SMILES string of the molecule is CC(C)(C)c1ccccc1-c1ccc(N(C2=C3C=CC4=C5C(=CC=C(C=C2)C35)C(N(c2cccc(C#N)c2)c2ccc(-c3ccccc3C(C)(C)C)cc2-c2ccccc2C(C)(C)C)C=C4)c2cccc(C#N)c2)c(-c2ccccc2C(C)(C)C)c1. The van der Waals surface area contributed by atoms with E-state index >= 15 is 0 Å². The van der Waals surface area contributed by atoms with E-state index in [-0.39, 0.29) is 33.6 Å². The second-order valence-electron chi connectivity index (χ2n) is 27.6. The molecule has 0 radical (unpaired) electrons. The summed E-state index contributed by atoms with van der Waals surface area (Å²) >= 11 is 0. The summed E-state index contributed by atoms with van der Waals surface area (Å²) in [5.41, 5.74) is 26.1. The van der Waals surface area contributed by atoms with Gasteiger partial charge in [-0.2, -0.15) is 10.5 Å². The summed E-state index contributed by atoms with van der Waals surface area (Å²) in [5, 5.41) is 21.2. The van der Waals surface area contributed by atoms with Gasteiger partial charge < -0.3 is 9.80 Å². The lowest BCUT2D eigenvalue weighted by molar-refractivity contribution is 0.591. The average molecular weight is 1120 g/mol. The molecule has 4 heteroatoms. The summed E-state index contributed by atoms with van der Waals surface area (Å²) in [6, 6.07) is 70.4. The first kappa shape index (κ1) is 57.0. The van der Waals surface area contributed by atoms with Gasteiger partial charge in [0.1, 0.15) is 0 Å². The van der Waals surface area contributed by atoms with Gasteiger partial charge in [0, 0.05) is 34.1 Å². The Morgan fingerprint density at radius 2 is 0.860 bits per heavy atom. The summed E-state index contributed by atoms with van der Waals surface area (Å²) < 4.78 is 0. The predicted octanol–water partition coefficient (Wildman–Crippen LogP) is 21.4. The monoisotopic (exact) mass is 1120 g/mol. The van der Waals surface area contributed by atoms with Gasteiger partial charge in [0.15, 0.2) is 0 Å². The Morgan fingerprint density at radius 1 is 0.395 bits per heavy atom. The third kappa shape index (κ3) is 10.4. The highest BCUT2D eigenvalue weighted by atomic mass is 15.2. The van der Waals surface area contributed by atoms with Crippen LogP contribution in [0, 0.1) is 28.6 Å². The van der Waals surface area contributed by atoms with Crippen molar-refractivity contribution in [3.05, 3.63) is 298 Å². The molecule has 0 aromatic heterocycles. The molecule has 4 nitrogen and oxygen atoms in total. The minimum Gasteiger partial charge on any atom is -0.330 e. The highest BCUT2D eigenvalue weighted by Gasteiger charge is 2.41. The van der Waals surface area contributed by atoms with Crippen LogP contribution in [0.2, 0.25) is 0 Å². The van der Waals surface area contributed by atoms with Crippen LogP contribution in [0.3, 0.4) is 0 Å². The minimum absolute atomic E-state index is 0.0856. The molecule has 0 amide bonds. The molecule has 0 spiro atoms. The Hall–Kier alpha value is -9.48. The number of allylic oxidation sites excluding steroid dienone is 10. The van der Waals surface area contributed by atoms with Gasteiger partial charge in [0.2, 0.25) is 0 Å². The molecule has 424 valence electrons. The van der Waals surface area contributed by atoms with Gasteiger partial charge in [0.25, 0.3) is 0 Å². The van der Waals surface area contributed by atoms with Crippen LogP contribution >= 0.6 is 0 Å². The summed E-state index contributed by atoms with van der Waals surface area (Å²) in [7, 11) is 0. The van der Waals surface area contributed by atoms with Crippen molar-refractivity contribution in [2.45, 2.75) is 111 Å². The smallest absolute Gasteiger partial charge is 0.0992 e. The van der Waals surface area contributed by atoms with Crippen molar-refractivity contribution >= 4 is 22.7 Å². The summed E-state index contributed by atoms with van der Waals surface area (Å²) in [6.07, 6.45) is 18.6. The van der Waals surface area contributed by atoms with E-state index in [1.165, 1.54) is 72.4 Å². The van der Waals surface area contributed by atoms with Gasteiger partial charge in [-0.3, -0.25) is 0 Å². The lowest BCUT2D eigenvalue weighted by Crippen LogP contribution is -2.37. The quantitative estimate of drug-likeness (QED) is 0.137. The largest absolute Gasteiger partial charge is 0.330 e. The molecule has 4 aliphatic rings. The first-order valence-electron chi connectivity index (χ1n) is 30.3. The van der Waals surface area contributed by atoms with Crippen LogP contribution in [-0.4, -0.2) is 6.04 Å². The zero-order chi connectivity index (χ0) is 60.5. The van der Waals surface area contributed by atoms with E-state index < -0.39 is 0 Å². The number of nitrogens with zero attached hydrogens (tertiary/aromatic N) is 4. The topological polar surface area (TPSA) is 54.1 Å². The second-order valence-corrected chi connectivity index (χ2v) is 27.6. The van der Waals surface area contributed by atoms with Gasteiger partial charge in [-0.25, -0.2) is 0 Å². The number of benzene rings is 8. The molecule has 0 N–H and O–H groups in total. The van der Waals surface area contributed by atoms with Crippen molar-refractivity contribution in [3.8, 4) is 56.6 Å². The van der Waals surface area contributed by atoms with Crippen LogP contribution in [0.15, 0.2) is 264 Å². The maximum atomic E-state index is 10.6. The third-order valence-corrected chi connectivity index (χ3v) is 17.6. The Balaban J connectivity index is 1.07. The average Bonchev–Trinajstić information content (AvgIpc) is 0.966. The minimum atomic E-state index is -0.275. The number of hydrogen-bond donors (Lipinski definition) is 0. The van der Waals surface area contributed by atoms with Gasteiger partial charge in [-0.05, 0) is 172 Å². The van der Waals surface area contributed by atoms with Crippen molar-refractivity contribution in [2.75, 3.05) is 9.80 Å². The molecule has 86 heavy (non-hydrogen) atoms. The number of anilines is 4. The Bertz CT molecular complexity index is 4370. The van der Waals surface area contributed by atoms with E-state index in [9.17, 15) is 10.5 Å². The first-order valence-corrected chi connectivity index (χ1v) is 30.3. The summed E-state index contributed by atoms with van der Waals surface area (Å²) in [6.45, 7) is 27.6.